The molecule has 33 heavy (non-hydrogen) atoms. The number of para-hydroxylation sites is 1. The Morgan fingerprint density at radius 1 is 1.06 bits per heavy atom. The number of nitrogens with one attached hydrogen (secondary N) is 2. The van der Waals surface area contributed by atoms with Gasteiger partial charge in [-0.3, -0.25) is 9.59 Å². The van der Waals surface area contributed by atoms with Gasteiger partial charge in [-0.2, -0.15) is 0 Å². The third kappa shape index (κ3) is 6.32. The summed E-state index contributed by atoms with van der Waals surface area (Å²) >= 11 is 1.20. The summed E-state index contributed by atoms with van der Waals surface area (Å²) in [5.74, 6) is 0.392. The lowest BCUT2D eigenvalue weighted by atomic mass is 10.1. The van der Waals surface area contributed by atoms with Crippen molar-refractivity contribution in [1.82, 2.24) is 20.1 Å². The minimum absolute atomic E-state index is 0.0813. The number of benzene rings is 2. The van der Waals surface area contributed by atoms with Gasteiger partial charge in [-0.15, -0.1) is 10.2 Å². The van der Waals surface area contributed by atoms with Crippen LogP contribution < -0.4 is 15.4 Å². The fourth-order valence-electron chi connectivity index (χ4n) is 3.08. The molecule has 0 saturated carbocycles. The molecule has 2 N–H and O–H groups in total. The molecule has 174 valence electrons. The van der Waals surface area contributed by atoms with E-state index < -0.39 is 0 Å². The molecule has 1 heterocycles. The van der Waals surface area contributed by atoms with Crippen LogP contribution in [-0.2, 0) is 23.2 Å². The zero-order valence-electron chi connectivity index (χ0n) is 18.9. The van der Waals surface area contributed by atoms with E-state index in [9.17, 15) is 14.0 Å². The van der Waals surface area contributed by atoms with Crippen LogP contribution in [0.2, 0.25) is 0 Å². The topological polar surface area (TPSA) is 98.1 Å². The van der Waals surface area contributed by atoms with E-state index in [1.807, 2.05) is 32.0 Å². The van der Waals surface area contributed by atoms with E-state index in [0.29, 0.717) is 28.0 Å². The number of aromatic nitrogens is 3. The Labute approximate surface area is 195 Å². The molecule has 0 unspecified atom stereocenters. The number of ether oxygens (including phenoxy) is 1. The van der Waals surface area contributed by atoms with Crippen molar-refractivity contribution in [3.8, 4) is 5.75 Å². The lowest BCUT2D eigenvalue weighted by Crippen LogP contribution is -2.29. The highest BCUT2D eigenvalue weighted by molar-refractivity contribution is 7.99. The van der Waals surface area contributed by atoms with Crippen molar-refractivity contribution in [3.63, 3.8) is 0 Å². The Hall–Kier alpha value is -3.40. The van der Waals surface area contributed by atoms with Crippen molar-refractivity contribution >= 4 is 29.3 Å². The first-order valence-corrected chi connectivity index (χ1v) is 11.3. The maximum absolute atomic E-state index is 13.6. The number of carbonyl (C=O) groups is 2. The van der Waals surface area contributed by atoms with Gasteiger partial charge in [0.15, 0.2) is 17.6 Å². The Morgan fingerprint density at radius 2 is 1.76 bits per heavy atom. The smallest absolute Gasteiger partial charge is 0.258 e. The maximum Gasteiger partial charge on any atom is 0.258 e. The summed E-state index contributed by atoms with van der Waals surface area (Å²) in [5.41, 5.74) is 2.75. The van der Waals surface area contributed by atoms with Crippen molar-refractivity contribution in [3.05, 3.63) is 64.7 Å². The van der Waals surface area contributed by atoms with Gasteiger partial charge < -0.3 is 19.9 Å². The zero-order chi connectivity index (χ0) is 24.0. The summed E-state index contributed by atoms with van der Waals surface area (Å²) in [4.78, 5) is 24.4. The SMILES string of the molecule is Cc1cccc(C)c1OCC(=O)NCc1nnc(SCC(=O)Nc2cccc(F)c2C)n1C. The Balaban J connectivity index is 1.47. The number of halogens is 1. The Morgan fingerprint density at radius 3 is 2.48 bits per heavy atom. The summed E-state index contributed by atoms with van der Waals surface area (Å²) in [6, 6.07) is 10.3. The molecule has 2 aromatic carbocycles. The third-order valence-corrected chi connectivity index (χ3v) is 6.02. The molecule has 0 saturated heterocycles. The molecule has 2 amide bonds. The number of aryl methyl sites for hydroxylation is 2. The second-order valence-corrected chi connectivity index (χ2v) is 8.44. The minimum Gasteiger partial charge on any atom is -0.483 e. The van der Waals surface area contributed by atoms with Crippen LogP contribution in [0.5, 0.6) is 5.75 Å². The fourth-order valence-corrected chi connectivity index (χ4v) is 3.81. The zero-order valence-corrected chi connectivity index (χ0v) is 19.8. The number of nitrogens with zero attached hydrogens (tertiary/aromatic N) is 3. The number of rotatable bonds is 9. The monoisotopic (exact) mass is 471 g/mol. The minimum atomic E-state index is -0.375. The molecule has 10 heteroatoms. The predicted octanol–water partition coefficient (Wildman–Crippen LogP) is 3.31. The quantitative estimate of drug-likeness (QED) is 0.465. The number of hydrogen-bond donors (Lipinski definition) is 2. The van der Waals surface area contributed by atoms with Gasteiger partial charge in [-0.25, -0.2) is 4.39 Å². The third-order valence-electron chi connectivity index (χ3n) is 5.00. The molecule has 8 nitrogen and oxygen atoms in total. The van der Waals surface area contributed by atoms with E-state index in [4.69, 9.17) is 4.74 Å². The molecule has 0 spiro atoms. The largest absolute Gasteiger partial charge is 0.483 e. The Bertz CT molecular complexity index is 1140. The van der Waals surface area contributed by atoms with Crippen LogP contribution in [0.4, 0.5) is 10.1 Å². The summed E-state index contributed by atoms with van der Waals surface area (Å²) in [6.45, 7) is 5.53. The summed E-state index contributed by atoms with van der Waals surface area (Å²) < 4.78 is 21.0. The van der Waals surface area contributed by atoms with Gasteiger partial charge in [-0.1, -0.05) is 36.0 Å². The molecule has 3 rings (SSSR count). The van der Waals surface area contributed by atoms with E-state index in [1.165, 1.54) is 17.8 Å². The first-order valence-electron chi connectivity index (χ1n) is 10.3. The summed E-state index contributed by atoms with van der Waals surface area (Å²) in [5, 5.41) is 14.1. The van der Waals surface area contributed by atoms with Crippen molar-refractivity contribution in [2.24, 2.45) is 7.05 Å². The molecule has 1 aromatic heterocycles. The van der Waals surface area contributed by atoms with E-state index in [2.05, 4.69) is 20.8 Å². The van der Waals surface area contributed by atoms with Crippen LogP contribution >= 0.6 is 11.8 Å². The van der Waals surface area contributed by atoms with E-state index in [-0.39, 0.29) is 36.5 Å². The lowest BCUT2D eigenvalue weighted by molar-refractivity contribution is -0.123. The van der Waals surface area contributed by atoms with Crippen molar-refractivity contribution < 1.29 is 18.7 Å². The van der Waals surface area contributed by atoms with Crippen molar-refractivity contribution in [1.29, 1.82) is 0 Å². The van der Waals surface area contributed by atoms with Crippen LogP contribution in [0, 0.1) is 26.6 Å². The van der Waals surface area contributed by atoms with E-state index >= 15 is 0 Å². The molecule has 0 aliphatic rings. The summed E-state index contributed by atoms with van der Waals surface area (Å²) in [7, 11) is 1.76. The highest BCUT2D eigenvalue weighted by atomic mass is 32.2. The number of carbonyl (C=O) groups excluding carboxylic acids is 2. The van der Waals surface area contributed by atoms with Crippen LogP contribution in [-0.4, -0.2) is 38.9 Å². The average Bonchev–Trinajstić information content (AvgIpc) is 3.13. The number of amides is 2. The molecule has 0 bridgehead atoms. The van der Waals surface area contributed by atoms with E-state index in [1.54, 1.807) is 30.7 Å². The van der Waals surface area contributed by atoms with Crippen LogP contribution in [0.25, 0.3) is 0 Å². The fraction of sp³-hybridized carbons (Fsp3) is 0.304. The predicted molar refractivity (Wildman–Crippen MR) is 125 cm³/mol. The van der Waals surface area contributed by atoms with Crippen LogP contribution in [0.3, 0.4) is 0 Å². The van der Waals surface area contributed by atoms with Gasteiger partial charge in [0.2, 0.25) is 5.91 Å². The van der Waals surface area contributed by atoms with Gasteiger partial charge in [0.25, 0.3) is 5.91 Å². The number of anilines is 1. The normalized spacial score (nSPS) is 10.7. The van der Waals surface area contributed by atoms with Crippen molar-refractivity contribution in [2.45, 2.75) is 32.5 Å². The second-order valence-electron chi connectivity index (χ2n) is 7.49. The molecular formula is C23H26FN5O3S. The van der Waals surface area contributed by atoms with Gasteiger partial charge >= 0.3 is 0 Å². The highest BCUT2D eigenvalue weighted by Gasteiger charge is 2.14. The summed E-state index contributed by atoms with van der Waals surface area (Å²) in [6.07, 6.45) is 0. The standard InChI is InChI=1S/C23H26FN5O3S/c1-14-7-5-8-15(2)22(14)32-12-20(30)25-11-19-27-28-23(29(19)4)33-13-21(31)26-18-10-6-9-17(24)16(18)3/h5-10H,11-13H2,1-4H3,(H,25,30)(H,26,31). The second kappa shape index (κ2) is 11.0. The molecular weight excluding hydrogens is 445 g/mol. The Kier molecular flexibility index (Phi) is 8.05. The first-order chi connectivity index (χ1) is 15.8. The molecule has 0 aliphatic heterocycles. The highest BCUT2D eigenvalue weighted by Crippen LogP contribution is 2.22. The molecule has 0 radical (unpaired) electrons. The van der Waals surface area contributed by atoms with Gasteiger partial charge in [0, 0.05) is 18.3 Å². The van der Waals surface area contributed by atoms with E-state index in [0.717, 1.165) is 11.1 Å². The molecule has 0 aliphatic carbocycles. The molecule has 0 atom stereocenters. The van der Waals surface area contributed by atoms with Gasteiger partial charge in [-0.05, 0) is 44.0 Å². The number of thioether (sulfide) groups is 1. The van der Waals surface area contributed by atoms with Crippen LogP contribution in [0.15, 0.2) is 41.6 Å². The molecule has 0 fully saturated rings. The number of hydrogen-bond acceptors (Lipinski definition) is 6. The van der Waals surface area contributed by atoms with Gasteiger partial charge in [0.05, 0.1) is 12.3 Å². The van der Waals surface area contributed by atoms with Crippen molar-refractivity contribution in [2.75, 3.05) is 17.7 Å². The molecule has 3 aromatic rings. The average molecular weight is 472 g/mol. The lowest BCUT2D eigenvalue weighted by Gasteiger charge is -2.12. The maximum atomic E-state index is 13.6. The van der Waals surface area contributed by atoms with Gasteiger partial charge in [0.1, 0.15) is 11.6 Å². The first kappa shape index (κ1) is 24.2. The van der Waals surface area contributed by atoms with Crippen LogP contribution in [0.1, 0.15) is 22.5 Å².